The second kappa shape index (κ2) is 9.74. The van der Waals surface area contributed by atoms with Gasteiger partial charge in [-0.1, -0.05) is 12.2 Å². The Kier molecular flexibility index (Phi) is 7.97. The van der Waals surface area contributed by atoms with Crippen molar-refractivity contribution in [2.45, 2.75) is 37.7 Å². The fraction of sp³-hybridized carbons (Fsp3) is 0.533. The van der Waals surface area contributed by atoms with E-state index >= 15 is 0 Å². The molecule has 1 aliphatic heterocycles. The highest BCUT2D eigenvalue weighted by Crippen LogP contribution is 2.24. The lowest BCUT2D eigenvalue weighted by molar-refractivity contribution is -0.104. The Morgan fingerprint density at radius 3 is 2.83 bits per heavy atom. The normalized spacial score (nSPS) is 24.4. The first kappa shape index (κ1) is 18.8. The van der Waals surface area contributed by atoms with Crippen LogP contribution in [0.1, 0.15) is 19.3 Å². The van der Waals surface area contributed by atoms with E-state index in [9.17, 15) is 14.7 Å². The second-order valence-electron chi connectivity index (χ2n) is 4.92. The maximum Gasteiger partial charge on any atom is 0.323 e. The fourth-order valence-electron chi connectivity index (χ4n) is 2.09. The number of unbranched alkanes of at least 4 members (excludes halogenated alkanes) is 1. The van der Waals surface area contributed by atoms with Crippen molar-refractivity contribution in [3.05, 3.63) is 23.9 Å². The molecule has 1 fully saturated rings. The number of nitrogens with one attached hydrogen (secondary N) is 1. The minimum Gasteiger partial charge on any atom is -0.394 e. The van der Waals surface area contributed by atoms with E-state index in [4.69, 9.17) is 15.1 Å². The molecule has 0 aromatic carbocycles. The van der Waals surface area contributed by atoms with E-state index in [0.29, 0.717) is 19.1 Å². The van der Waals surface area contributed by atoms with E-state index < -0.39 is 24.5 Å². The van der Waals surface area contributed by atoms with Gasteiger partial charge >= 0.3 is 6.03 Å². The number of nitriles is 1. The van der Waals surface area contributed by atoms with Gasteiger partial charge in [0.1, 0.15) is 12.3 Å². The third-order valence-corrected chi connectivity index (χ3v) is 3.30. The van der Waals surface area contributed by atoms with Crippen LogP contribution in [0.3, 0.4) is 0 Å². The molecule has 0 radical (unpaired) electrons. The van der Waals surface area contributed by atoms with Crippen LogP contribution in [0.5, 0.6) is 0 Å². The number of amides is 2. The van der Waals surface area contributed by atoms with Gasteiger partial charge in [-0.2, -0.15) is 5.26 Å². The summed E-state index contributed by atoms with van der Waals surface area (Å²) in [7, 11) is 1.43. The molecule has 0 aromatic heterocycles. The first-order chi connectivity index (χ1) is 11.1. The number of carbonyl (C=O) groups is 2. The number of nitrogens with zero attached hydrogens (tertiary/aromatic N) is 2. The van der Waals surface area contributed by atoms with Gasteiger partial charge in [0.05, 0.1) is 18.8 Å². The topological polar surface area (TPSA) is 123 Å². The zero-order valence-corrected chi connectivity index (χ0v) is 12.9. The summed E-state index contributed by atoms with van der Waals surface area (Å²) in [4.78, 5) is 24.3. The molecule has 1 aliphatic rings. The highest BCUT2D eigenvalue weighted by atomic mass is 16.5. The molecule has 8 nitrogen and oxygen atoms in total. The minimum atomic E-state index is -0.892. The van der Waals surface area contributed by atoms with Crippen molar-refractivity contribution in [1.29, 1.82) is 5.26 Å². The number of aldehydes is 1. The van der Waals surface area contributed by atoms with E-state index in [2.05, 4.69) is 5.32 Å². The van der Waals surface area contributed by atoms with Crippen molar-refractivity contribution < 1.29 is 24.5 Å². The van der Waals surface area contributed by atoms with Crippen LogP contribution in [0.15, 0.2) is 23.9 Å². The van der Waals surface area contributed by atoms with Gasteiger partial charge in [0.2, 0.25) is 0 Å². The molecule has 3 atom stereocenters. The van der Waals surface area contributed by atoms with Crippen LogP contribution in [-0.2, 0) is 9.53 Å². The number of carbonyl (C=O) groups excluding carboxylic acids is 2. The number of rotatable bonds is 7. The van der Waals surface area contributed by atoms with Crippen LogP contribution in [-0.4, -0.2) is 59.5 Å². The summed E-state index contributed by atoms with van der Waals surface area (Å²) in [6.45, 7) is -0.364. The molecular weight excluding hydrogens is 302 g/mol. The number of urea groups is 1. The Morgan fingerprint density at radius 1 is 1.57 bits per heavy atom. The van der Waals surface area contributed by atoms with Gasteiger partial charge in [-0.05, 0) is 6.42 Å². The van der Waals surface area contributed by atoms with Crippen molar-refractivity contribution in [3.63, 3.8) is 0 Å². The van der Waals surface area contributed by atoms with Crippen molar-refractivity contribution in [3.8, 4) is 6.07 Å². The zero-order valence-electron chi connectivity index (χ0n) is 12.9. The Hall–Kier alpha value is -2.21. The predicted octanol–water partition coefficient (Wildman–Crippen LogP) is 0.0388. The maximum absolute atomic E-state index is 12.0. The van der Waals surface area contributed by atoms with Gasteiger partial charge in [0.25, 0.3) is 0 Å². The first-order valence-corrected chi connectivity index (χ1v) is 7.22. The maximum atomic E-state index is 12.0. The predicted molar refractivity (Wildman–Crippen MR) is 80.8 cm³/mol. The molecule has 0 aliphatic carbocycles. The average Bonchev–Trinajstić information content (AvgIpc) is 2.94. The summed E-state index contributed by atoms with van der Waals surface area (Å²) < 4.78 is 5.43. The highest BCUT2D eigenvalue weighted by molar-refractivity contribution is 5.81. The van der Waals surface area contributed by atoms with Crippen LogP contribution in [0.2, 0.25) is 0 Å². The highest BCUT2D eigenvalue weighted by Gasteiger charge is 2.38. The molecule has 0 saturated carbocycles. The molecule has 23 heavy (non-hydrogen) atoms. The van der Waals surface area contributed by atoms with E-state index in [-0.39, 0.29) is 18.6 Å². The van der Waals surface area contributed by atoms with Gasteiger partial charge < -0.3 is 20.3 Å². The van der Waals surface area contributed by atoms with Crippen LogP contribution in [0, 0.1) is 11.3 Å². The Bertz CT molecular complexity index is 512. The lowest BCUT2D eigenvalue weighted by atomic mass is 10.2. The molecule has 0 aromatic rings. The molecule has 1 rings (SSSR count). The molecule has 126 valence electrons. The molecule has 1 saturated heterocycles. The van der Waals surface area contributed by atoms with Crippen LogP contribution >= 0.6 is 0 Å². The second-order valence-corrected chi connectivity index (χ2v) is 4.92. The molecule has 0 bridgehead atoms. The zero-order chi connectivity index (χ0) is 17.2. The first-order valence-electron chi connectivity index (χ1n) is 7.22. The van der Waals surface area contributed by atoms with Crippen molar-refractivity contribution >= 4 is 12.3 Å². The molecule has 0 spiro atoms. The molecule has 3 N–H and O–H groups in total. The van der Waals surface area contributed by atoms with Crippen LogP contribution < -0.4 is 5.32 Å². The Morgan fingerprint density at radius 2 is 2.30 bits per heavy atom. The standard InChI is InChI=1S/C15H21N3O5/c1-17-15(22)18(14-7-12(21)13(10-20)23-14)8-11(9-19)5-3-2-4-6-16/h3,5,8-9,12-14,20-21H,2,4,7,10H2,1H3,(H,17,22)/b5-3+,11-8-/t12-,13+,14+/m0/s1. The average molecular weight is 323 g/mol. The van der Waals surface area contributed by atoms with E-state index in [1.165, 1.54) is 19.3 Å². The van der Waals surface area contributed by atoms with Gasteiger partial charge in [-0.15, -0.1) is 0 Å². The largest absolute Gasteiger partial charge is 0.394 e. The number of allylic oxidation sites excluding steroid dienone is 3. The van der Waals surface area contributed by atoms with Crippen LogP contribution in [0.25, 0.3) is 0 Å². The van der Waals surface area contributed by atoms with Gasteiger partial charge in [0.15, 0.2) is 6.29 Å². The molecule has 2 amide bonds. The van der Waals surface area contributed by atoms with E-state index in [1.807, 2.05) is 6.07 Å². The van der Waals surface area contributed by atoms with E-state index in [0.717, 1.165) is 4.90 Å². The number of hydrogen-bond acceptors (Lipinski definition) is 6. The monoisotopic (exact) mass is 323 g/mol. The third kappa shape index (κ3) is 5.49. The minimum absolute atomic E-state index is 0.124. The number of aliphatic hydroxyl groups excluding tert-OH is 2. The van der Waals surface area contributed by atoms with Gasteiger partial charge in [0, 0.05) is 31.7 Å². The summed E-state index contributed by atoms with van der Waals surface area (Å²) in [6, 6.07) is 1.47. The molecule has 8 heteroatoms. The van der Waals surface area contributed by atoms with Gasteiger partial charge in [-0.3, -0.25) is 9.69 Å². The summed E-state index contributed by atoms with van der Waals surface area (Å²) in [5.41, 5.74) is 0.220. The number of hydrogen-bond donors (Lipinski definition) is 3. The van der Waals surface area contributed by atoms with Crippen LogP contribution in [0.4, 0.5) is 4.79 Å². The Balaban J connectivity index is 2.91. The van der Waals surface area contributed by atoms with Crippen molar-refractivity contribution in [2.24, 2.45) is 0 Å². The lowest BCUT2D eigenvalue weighted by Gasteiger charge is -2.25. The molecule has 0 unspecified atom stereocenters. The molecular formula is C15H21N3O5. The number of ether oxygens (including phenoxy) is 1. The summed E-state index contributed by atoms with van der Waals surface area (Å²) >= 11 is 0. The quantitative estimate of drug-likeness (QED) is 0.263. The Labute approximate surface area is 134 Å². The molecule has 1 heterocycles. The fourth-order valence-corrected chi connectivity index (χ4v) is 2.09. The summed E-state index contributed by atoms with van der Waals surface area (Å²) in [5.74, 6) is 0. The summed E-state index contributed by atoms with van der Waals surface area (Å²) in [5, 5.41) is 29.8. The van der Waals surface area contributed by atoms with Gasteiger partial charge in [-0.25, -0.2) is 4.79 Å². The summed E-state index contributed by atoms with van der Waals surface area (Å²) in [6.07, 6.45) is 3.55. The lowest BCUT2D eigenvalue weighted by Crippen LogP contribution is -2.42. The smallest absolute Gasteiger partial charge is 0.323 e. The van der Waals surface area contributed by atoms with Crippen molar-refractivity contribution in [2.75, 3.05) is 13.7 Å². The SMILES string of the molecule is CNC(=O)N(/C=C(C=O)/C=C/CCC#N)[C@H]1C[C@H](O)[C@@H](CO)O1. The van der Waals surface area contributed by atoms with E-state index in [1.54, 1.807) is 6.08 Å². The van der Waals surface area contributed by atoms with Crippen molar-refractivity contribution in [1.82, 2.24) is 10.2 Å². The number of aliphatic hydroxyl groups is 2. The third-order valence-electron chi connectivity index (χ3n) is 3.30.